The first-order valence-electron chi connectivity index (χ1n) is 6.92. The van der Waals surface area contributed by atoms with E-state index in [0.29, 0.717) is 13.0 Å². The third kappa shape index (κ3) is 3.70. The number of hydrogen-bond acceptors (Lipinski definition) is 3. The Morgan fingerprint density at radius 3 is 2.70 bits per heavy atom. The fraction of sp³-hybridized carbons (Fsp3) is 0.375. The Labute approximate surface area is 119 Å². The number of esters is 1. The number of rotatable bonds is 6. The van der Waals surface area contributed by atoms with E-state index in [1.165, 1.54) is 5.56 Å². The van der Waals surface area contributed by atoms with Gasteiger partial charge in [0, 0.05) is 6.20 Å². The monoisotopic (exact) mass is 272 g/mol. The predicted molar refractivity (Wildman–Crippen MR) is 77.4 cm³/mol. The molecule has 0 saturated heterocycles. The van der Waals surface area contributed by atoms with Gasteiger partial charge in [0.2, 0.25) is 0 Å². The van der Waals surface area contributed by atoms with Gasteiger partial charge in [-0.3, -0.25) is 4.68 Å². The maximum absolute atomic E-state index is 12.1. The highest BCUT2D eigenvalue weighted by Gasteiger charge is 2.22. The lowest BCUT2D eigenvalue weighted by Crippen LogP contribution is -2.23. The van der Waals surface area contributed by atoms with Crippen LogP contribution in [-0.2, 0) is 16.0 Å². The summed E-state index contributed by atoms with van der Waals surface area (Å²) in [6, 6.07) is 9.78. The molecule has 1 unspecified atom stereocenters. The topological polar surface area (TPSA) is 44.1 Å². The average molecular weight is 272 g/mol. The summed E-state index contributed by atoms with van der Waals surface area (Å²) in [5.41, 5.74) is 2.25. The van der Waals surface area contributed by atoms with Crippen LogP contribution in [0.4, 0.5) is 0 Å². The predicted octanol–water partition coefficient (Wildman–Crippen LogP) is 2.93. The van der Waals surface area contributed by atoms with Crippen molar-refractivity contribution in [1.82, 2.24) is 9.78 Å². The van der Waals surface area contributed by atoms with Crippen LogP contribution in [0.15, 0.2) is 42.7 Å². The largest absolute Gasteiger partial charge is 0.464 e. The minimum atomic E-state index is -0.358. The number of nitrogens with zero attached hydrogens (tertiary/aromatic N) is 2. The van der Waals surface area contributed by atoms with E-state index < -0.39 is 0 Å². The van der Waals surface area contributed by atoms with Crippen molar-refractivity contribution in [1.29, 1.82) is 0 Å². The fourth-order valence-corrected chi connectivity index (χ4v) is 2.15. The zero-order valence-electron chi connectivity index (χ0n) is 12.0. The molecule has 4 nitrogen and oxygen atoms in total. The molecule has 20 heavy (non-hydrogen) atoms. The first kappa shape index (κ1) is 14.3. The molecule has 0 aliphatic heterocycles. The summed E-state index contributed by atoms with van der Waals surface area (Å²) in [5, 5.41) is 4.25. The molecular formula is C16H20N2O2. The second-order valence-electron chi connectivity index (χ2n) is 4.79. The van der Waals surface area contributed by atoms with Gasteiger partial charge in [0.1, 0.15) is 6.04 Å². The van der Waals surface area contributed by atoms with E-state index >= 15 is 0 Å². The van der Waals surface area contributed by atoms with E-state index in [-0.39, 0.29) is 12.0 Å². The molecule has 106 valence electrons. The van der Waals surface area contributed by atoms with E-state index in [9.17, 15) is 4.79 Å². The summed E-state index contributed by atoms with van der Waals surface area (Å²) in [7, 11) is 0. The normalized spacial score (nSPS) is 12.1. The Morgan fingerprint density at radius 1 is 1.35 bits per heavy atom. The summed E-state index contributed by atoms with van der Waals surface area (Å²) < 4.78 is 6.86. The third-order valence-electron chi connectivity index (χ3n) is 3.16. The highest BCUT2D eigenvalue weighted by atomic mass is 16.5. The Morgan fingerprint density at radius 2 is 2.10 bits per heavy atom. The molecule has 0 fully saturated rings. The Bertz CT molecular complexity index is 549. The van der Waals surface area contributed by atoms with E-state index in [2.05, 4.69) is 17.2 Å². The number of hydrogen-bond donors (Lipinski definition) is 0. The molecule has 0 spiro atoms. The van der Waals surface area contributed by atoms with Crippen LogP contribution in [0.25, 0.3) is 0 Å². The number of aromatic nitrogens is 2. The molecule has 0 radical (unpaired) electrons. The van der Waals surface area contributed by atoms with E-state index in [0.717, 1.165) is 12.0 Å². The van der Waals surface area contributed by atoms with Crippen molar-refractivity contribution in [3.05, 3.63) is 53.9 Å². The molecule has 1 aromatic heterocycles. The average Bonchev–Trinajstić information content (AvgIpc) is 2.87. The molecule has 1 aromatic carbocycles. The number of aryl methyl sites for hydroxylation is 2. The zero-order chi connectivity index (χ0) is 14.4. The highest BCUT2D eigenvalue weighted by molar-refractivity contribution is 5.74. The summed E-state index contributed by atoms with van der Waals surface area (Å²) >= 11 is 0. The number of carbonyl (C=O) groups is 1. The van der Waals surface area contributed by atoms with Crippen molar-refractivity contribution in [2.75, 3.05) is 6.61 Å². The molecule has 1 atom stereocenters. The molecule has 2 rings (SSSR count). The van der Waals surface area contributed by atoms with Crippen LogP contribution in [0.1, 0.15) is 30.5 Å². The maximum atomic E-state index is 12.1. The van der Waals surface area contributed by atoms with Crippen molar-refractivity contribution in [2.45, 2.75) is 32.7 Å². The van der Waals surface area contributed by atoms with Crippen molar-refractivity contribution in [2.24, 2.45) is 0 Å². The third-order valence-corrected chi connectivity index (χ3v) is 3.16. The van der Waals surface area contributed by atoms with Gasteiger partial charge in [0.05, 0.1) is 12.8 Å². The Kier molecular flexibility index (Phi) is 4.93. The van der Waals surface area contributed by atoms with Crippen LogP contribution < -0.4 is 0 Å². The second-order valence-corrected chi connectivity index (χ2v) is 4.79. The van der Waals surface area contributed by atoms with E-state index in [1.54, 1.807) is 10.9 Å². The fourth-order valence-electron chi connectivity index (χ4n) is 2.15. The molecule has 0 aliphatic carbocycles. The summed E-state index contributed by atoms with van der Waals surface area (Å²) in [6.45, 7) is 4.17. The molecule has 1 heterocycles. The highest BCUT2D eigenvalue weighted by Crippen LogP contribution is 2.17. The van der Waals surface area contributed by atoms with Crippen molar-refractivity contribution >= 4 is 5.97 Å². The van der Waals surface area contributed by atoms with Gasteiger partial charge in [-0.2, -0.15) is 5.10 Å². The van der Waals surface area contributed by atoms with E-state index in [1.807, 2.05) is 38.2 Å². The van der Waals surface area contributed by atoms with Gasteiger partial charge in [-0.05, 0) is 37.8 Å². The minimum absolute atomic E-state index is 0.216. The molecule has 0 N–H and O–H groups in total. The number of carbonyl (C=O) groups excluding carboxylic acids is 1. The molecule has 4 heteroatoms. The Hall–Kier alpha value is -2.10. The van der Waals surface area contributed by atoms with Crippen LogP contribution in [0.3, 0.4) is 0 Å². The first-order chi connectivity index (χ1) is 9.70. The number of ether oxygens (including phenoxy) is 1. The maximum Gasteiger partial charge on any atom is 0.330 e. The van der Waals surface area contributed by atoms with Crippen LogP contribution >= 0.6 is 0 Å². The molecule has 0 saturated carbocycles. The van der Waals surface area contributed by atoms with Gasteiger partial charge in [-0.15, -0.1) is 0 Å². The van der Waals surface area contributed by atoms with Crippen LogP contribution in [0, 0.1) is 6.92 Å². The molecule has 2 aromatic rings. The van der Waals surface area contributed by atoms with Gasteiger partial charge < -0.3 is 4.74 Å². The van der Waals surface area contributed by atoms with Gasteiger partial charge in [-0.1, -0.05) is 30.3 Å². The smallest absolute Gasteiger partial charge is 0.330 e. The molecule has 0 amide bonds. The van der Waals surface area contributed by atoms with Gasteiger partial charge in [-0.25, -0.2) is 4.79 Å². The molecule has 0 bridgehead atoms. The van der Waals surface area contributed by atoms with Crippen LogP contribution in [0.5, 0.6) is 0 Å². The minimum Gasteiger partial charge on any atom is -0.464 e. The summed E-state index contributed by atoms with van der Waals surface area (Å²) in [4.78, 5) is 12.1. The summed E-state index contributed by atoms with van der Waals surface area (Å²) in [5.74, 6) is -0.216. The number of benzene rings is 1. The Balaban J connectivity index is 2.08. The van der Waals surface area contributed by atoms with Crippen molar-refractivity contribution < 1.29 is 9.53 Å². The van der Waals surface area contributed by atoms with Crippen LogP contribution in [0.2, 0.25) is 0 Å². The molecule has 0 aliphatic rings. The summed E-state index contributed by atoms with van der Waals surface area (Å²) in [6.07, 6.45) is 5.15. The first-order valence-corrected chi connectivity index (χ1v) is 6.92. The van der Waals surface area contributed by atoms with E-state index in [4.69, 9.17) is 4.74 Å². The second kappa shape index (κ2) is 6.89. The lowest BCUT2D eigenvalue weighted by molar-refractivity contribution is -0.147. The van der Waals surface area contributed by atoms with Gasteiger partial charge >= 0.3 is 5.97 Å². The molecular weight excluding hydrogens is 252 g/mol. The SMILES string of the molecule is CCOC(=O)C(CCc1ccccc1)n1cc(C)cn1. The van der Waals surface area contributed by atoms with Gasteiger partial charge in [0.15, 0.2) is 0 Å². The van der Waals surface area contributed by atoms with Crippen molar-refractivity contribution in [3.63, 3.8) is 0 Å². The quantitative estimate of drug-likeness (QED) is 0.759. The lowest BCUT2D eigenvalue weighted by Gasteiger charge is -2.16. The van der Waals surface area contributed by atoms with Gasteiger partial charge in [0.25, 0.3) is 0 Å². The standard InChI is InChI=1S/C16H20N2O2/c1-3-20-16(19)15(18-12-13(2)11-17-18)10-9-14-7-5-4-6-8-14/h4-8,11-12,15H,3,9-10H2,1-2H3. The van der Waals surface area contributed by atoms with Crippen LogP contribution in [-0.4, -0.2) is 22.4 Å². The zero-order valence-corrected chi connectivity index (χ0v) is 12.0. The van der Waals surface area contributed by atoms with Crippen molar-refractivity contribution in [3.8, 4) is 0 Å². The lowest BCUT2D eigenvalue weighted by atomic mass is 10.1.